The Bertz CT molecular complexity index is 181. The molecule has 2 aliphatic heterocycles. The van der Waals surface area contributed by atoms with Gasteiger partial charge in [0.05, 0.1) is 5.92 Å². The van der Waals surface area contributed by atoms with Crippen LogP contribution in [0.2, 0.25) is 0 Å². The number of nitrogens with one attached hydrogen (secondary N) is 1. The number of likely N-dealkylation sites (tertiary alicyclic amines) is 1. The highest BCUT2D eigenvalue weighted by molar-refractivity contribution is 5.80. The Balaban J connectivity index is 2.13. The van der Waals surface area contributed by atoms with Crippen LogP contribution < -0.4 is 5.32 Å². The van der Waals surface area contributed by atoms with Crippen molar-refractivity contribution in [3.8, 4) is 0 Å². The minimum absolute atomic E-state index is 0.269. The van der Waals surface area contributed by atoms with Crippen LogP contribution in [0.15, 0.2) is 0 Å². The molecule has 62 valence electrons. The molecule has 1 amide bonds. The highest BCUT2D eigenvalue weighted by atomic mass is 16.2. The summed E-state index contributed by atoms with van der Waals surface area (Å²) in [6, 6.07) is 0.531. The third-order valence-electron chi connectivity index (χ3n) is 2.90. The van der Waals surface area contributed by atoms with Gasteiger partial charge in [-0.25, -0.2) is 0 Å². The molecule has 0 aromatic rings. The lowest BCUT2D eigenvalue weighted by Gasteiger charge is -2.28. The van der Waals surface area contributed by atoms with E-state index in [9.17, 15) is 4.79 Å². The first-order valence-electron chi connectivity index (χ1n) is 4.27. The summed E-state index contributed by atoms with van der Waals surface area (Å²) in [6.45, 7) is 1.95. The number of carbonyl (C=O) groups is 1. The van der Waals surface area contributed by atoms with E-state index in [1.807, 2.05) is 0 Å². The number of amides is 1. The second kappa shape index (κ2) is 2.48. The van der Waals surface area contributed by atoms with Crippen molar-refractivity contribution in [2.24, 2.45) is 5.92 Å². The van der Waals surface area contributed by atoms with Gasteiger partial charge in [0.1, 0.15) is 0 Å². The number of hydrogen-bond acceptors (Lipinski definition) is 2. The van der Waals surface area contributed by atoms with Crippen molar-refractivity contribution < 1.29 is 4.79 Å². The molecule has 11 heavy (non-hydrogen) atoms. The maximum Gasteiger partial charge on any atom is 0.224 e. The van der Waals surface area contributed by atoms with Crippen molar-refractivity contribution in [1.82, 2.24) is 10.2 Å². The van der Waals surface area contributed by atoms with Crippen LogP contribution in [0.25, 0.3) is 0 Å². The number of fused-ring (bicyclic) bond motifs is 1. The summed E-state index contributed by atoms with van der Waals surface area (Å²) < 4.78 is 0. The molecule has 0 saturated carbocycles. The van der Waals surface area contributed by atoms with Crippen molar-refractivity contribution >= 4 is 5.91 Å². The fourth-order valence-corrected chi connectivity index (χ4v) is 2.21. The first kappa shape index (κ1) is 7.10. The third-order valence-corrected chi connectivity index (χ3v) is 2.90. The van der Waals surface area contributed by atoms with Crippen molar-refractivity contribution in [1.29, 1.82) is 0 Å². The van der Waals surface area contributed by atoms with Gasteiger partial charge >= 0.3 is 0 Å². The molecule has 1 N–H and O–H groups in total. The van der Waals surface area contributed by atoms with Gasteiger partial charge in [0.15, 0.2) is 0 Å². The first-order chi connectivity index (χ1) is 5.29. The molecule has 0 aliphatic carbocycles. The van der Waals surface area contributed by atoms with Gasteiger partial charge in [0.25, 0.3) is 0 Å². The van der Waals surface area contributed by atoms with Crippen molar-refractivity contribution in [3.63, 3.8) is 0 Å². The Kier molecular flexibility index (Phi) is 1.60. The van der Waals surface area contributed by atoms with E-state index in [4.69, 9.17) is 0 Å². The van der Waals surface area contributed by atoms with Crippen LogP contribution in [-0.4, -0.2) is 37.0 Å². The molecule has 0 aromatic carbocycles. The molecule has 2 saturated heterocycles. The zero-order valence-electron chi connectivity index (χ0n) is 6.84. The lowest BCUT2D eigenvalue weighted by atomic mass is 9.94. The molecule has 3 nitrogen and oxygen atoms in total. The summed E-state index contributed by atoms with van der Waals surface area (Å²) >= 11 is 0. The SMILES string of the molecule is CN1CCC2C(=O)NCCC21. The van der Waals surface area contributed by atoms with Gasteiger partial charge in [0, 0.05) is 12.6 Å². The minimum Gasteiger partial charge on any atom is -0.356 e. The second-order valence-corrected chi connectivity index (χ2v) is 3.52. The molecule has 0 aromatic heterocycles. The maximum absolute atomic E-state index is 11.3. The molecule has 2 unspecified atom stereocenters. The topological polar surface area (TPSA) is 32.3 Å². The van der Waals surface area contributed by atoms with Crippen LogP contribution in [0.4, 0.5) is 0 Å². The lowest BCUT2D eigenvalue weighted by molar-refractivity contribution is -0.127. The van der Waals surface area contributed by atoms with Gasteiger partial charge in [-0.1, -0.05) is 0 Å². The van der Waals surface area contributed by atoms with E-state index in [2.05, 4.69) is 17.3 Å². The van der Waals surface area contributed by atoms with Crippen LogP contribution in [0.3, 0.4) is 0 Å². The van der Waals surface area contributed by atoms with Crippen LogP contribution >= 0.6 is 0 Å². The molecular formula is C8H14N2O. The molecule has 2 aliphatic rings. The van der Waals surface area contributed by atoms with E-state index in [-0.39, 0.29) is 11.8 Å². The number of hydrogen-bond donors (Lipinski definition) is 1. The molecule has 2 atom stereocenters. The Morgan fingerprint density at radius 3 is 3.09 bits per heavy atom. The predicted molar refractivity (Wildman–Crippen MR) is 42.2 cm³/mol. The molecule has 0 spiro atoms. The molecule has 2 rings (SSSR count). The van der Waals surface area contributed by atoms with Crippen LogP contribution in [0, 0.1) is 5.92 Å². The molecule has 0 bridgehead atoms. The predicted octanol–water partition coefficient (Wildman–Crippen LogP) is -0.173. The zero-order chi connectivity index (χ0) is 7.84. The molecule has 0 radical (unpaired) electrons. The van der Waals surface area contributed by atoms with E-state index < -0.39 is 0 Å². The largest absolute Gasteiger partial charge is 0.356 e. The van der Waals surface area contributed by atoms with Crippen molar-refractivity contribution in [3.05, 3.63) is 0 Å². The Labute approximate surface area is 66.8 Å². The summed E-state index contributed by atoms with van der Waals surface area (Å²) in [4.78, 5) is 13.6. The quantitative estimate of drug-likeness (QED) is 0.525. The molecule has 3 heteroatoms. The highest BCUT2D eigenvalue weighted by Gasteiger charge is 2.38. The minimum atomic E-state index is 0.269. The fraction of sp³-hybridized carbons (Fsp3) is 0.875. The van der Waals surface area contributed by atoms with Crippen LogP contribution in [0.1, 0.15) is 12.8 Å². The van der Waals surface area contributed by atoms with Gasteiger partial charge in [-0.2, -0.15) is 0 Å². The maximum atomic E-state index is 11.3. The summed E-state index contributed by atoms with van der Waals surface area (Å²) in [6.07, 6.45) is 2.18. The monoisotopic (exact) mass is 154 g/mol. The Morgan fingerprint density at radius 2 is 2.36 bits per heavy atom. The van der Waals surface area contributed by atoms with E-state index in [0.717, 1.165) is 25.9 Å². The lowest BCUT2D eigenvalue weighted by Crippen LogP contribution is -2.46. The van der Waals surface area contributed by atoms with Crippen LogP contribution in [0.5, 0.6) is 0 Å². The first-order valence-corrected chi connectivity index (χ1v) is 4.27. The number of piperidine rings is 1. The average molecular weight is 154 g/mol. The molecular weight excluding hydrogens is 140 g/mol. The number of carbonyl (C=O) groups excluding carboxylic acids is 1. The third kappa shape index (κ3) is 1.03. The zero-order valence-corrected chi connectivity index (χ0v) is 6.84. The number of rotatable bonds is 0. The van der Waals surface area contributed by atoms with Gasteiger partial charge in [-0.3, -0.25) is 4.79 Å². The van der Waals surface area contributed by atoms with Crippen molar-refractivity contribution in [2.75, 3.05) is 20.1 Å². The normalized spacial score (nSPS) is 38.5. The van der Waals surface area contributed by atoms with Gasteiger partial charge < -0.3 is 10.2 Å². The molecule has 2 heterocycles. The van der Waals surface area contributed by atoms with Gasteiger partial charge in [0.2, 0.25) is 5.91 Å². The summed E-state index contributed by atoms with van der Waals surface area (Å²) in [7, 11) is 2.11. The smallest absolute Gasteiger partial charge is 0.224 e. The van der Waals surface area contributed by atoms with E-state index in [1.54, 1.807) is 0 Å². The standard InChI is InChI=1S/C8H14N2O/c1-10-5-3-6-7(10)2-4-9-8(6)11/h6-7H,2-5H2,1H3,(H,9,11). The molecule has 2 fully saturated rings. The fourth-order valence-electron chi connectivity index (χ4n) is 2.21. The van der Waals surface area contributed by atoms with Crippen molar-refractivity contribution in [2.45, 2.75) is 18.9 Å². The summed E-state index contributed by atoms with van der Waals surface area (Å²) in [5.74, 6) is 0.555. The van der Waals surface area contributed by atoms with Gasteiger partial charge in [-0.05, 0) is 26.4 Å². The highest BCUT2D eigenvalue weighted by Crippen LogP contribution is 2.27. The second-order valence-electron chi connectivity index (χ2n) is 3.52. The van der Waals surface area contributed by atoms with E-state index in [0.29, 0.717) is 6.04 Å². The van der Waals surface area contributed by atoms with E-state index in [1.165, 1.54) is 0 Å². The summed E-state index contributed by atoms with van der Waals surface area (Å²) in [5, 5.41) is 2.91. The average Bonchev–Trinajstić information content (AvgIpc) is 2.35. The van der Waals surface area contributed by atoms with Gasteiger partial charge in [-0.15, -0.1) is 0 Å². The van der Waals surface area contributed by atoms with Crippen LogP contribution in [-0.2, 0) is 4.79 Å². The number of nitrogens with zero attached hydrogens (tertiary/aromatic N) is 1. The summed E-state index contributed by atoms with van der Waals surface area (Å²) in [5.41, 5.74) is 0. The van der Waals surface area contributed by atoms with E-state index >= 15 is 0 Å². The Morgan fingerprint density at radius 1 is 1.55 bits per heavy atom. The Hall–Kier alpha value is -0.570.